The van der Waals surface area contributed by atoms with Gasteiger partial charge in [0.25, 0.3) is 0 Å². The van der Waals surface area contributed by atoms with Crippen LogP contribution in [0.5, 0.6) is 5.75 Å². The van der Waals surface area contributed by atoms with Crippen molar-refractivity contribution in [2.24, 2.45) is 0 Å². The van der Waals surface area contributed by atoms with E-state index in [1.807, 2.05) is 6.07 Å². The first-order valence-electron chi connectivity index (χ1n) is 9.25. The molecular formula is C22H20ClFN2O4S. The molecule has 2 N–H and O–H groups in total. The molecule has 31 heavy (non-hydrogen) atoms. The van der Waals surface area contributed by atoms with E-state index >= 15 is 0 Å². The number of amides is 1. The number of ether oxygens (including phenoxy) is 1. The third-order valence-corrected chi connectivity index (χ3v) is 6.15. The van der Waals surface area contributed by atoms with E-state index in [2.05, 4.69) is 10.0 Å². The molecule has 0 saturated heterocycles. The van der Waals surface area contributed by atoms with E-state index < -0.39 is 27.8 Å². The quantitative estimate of drug-likeness (QED) is 0.529. The first-order chi connectivity index (χ1) is 14.8. The first kappa shape index (κ1) is 22.7. The molecule has 0 unspecified atom stereocenters. The smallest absolute Gasteiger partial charge is 0.245 e. The number of nitrogens with one attached hydrogen (secondary N) is 2. The number of rotatable bonds is 8. The molecule has 9 heteroatoms. The van der Waals surface area contributed by atoms with Crippen molar-refractivity contribution in [3.63, 3.8) is 0 Å². The van der Waals surface area contributed by atoms with Crippen LogP contribution in [0.2, 0.25) is 5.02 Å². The molecule has 0 radical (unpaired) electrons. The molecule has 0 bridgehead atoms. The summed E-state index contributed by atoms with van der Waals surface area (Å²) < 4.78 is 46.9. The van der Waals surface area contributed by atoms with Crippen molar-refractivity contribution < 1.29 is 22.3 Å². The van der Waals surface area contributed by atoms with Crippen molar-refractivity contribution in [3.05, 3.63) is 89.2 Å². The maximum absolute atomic E-state index is 13.2. The van der Waals surface area contributed by atoms with E-state index in [0.29, 0.717) is 5.69 Å². The molecule has 0 heterocycles. The zero-order valence-electron chi connectivity index (χ0n) is 16.5. The fraction of sp³-hybridized carbons (Fsp3) is 0.136. The Balaban J connectivity index is 1.91. The van der Waals surface area contributed by atoms with Crippen molar-refractivity contribution >= 4 is 33.2 Å². The molecule has 1 atom stereocenters. The zero-order valence-corrected chi connectivity index (χ0v) is 18.1. The van der Waals surface area contributed by atoms with Crippen molar-refractivity contribution in [1.29, 1.82) is 0 Å². The Labute approximate surface area is 185 Å². The summed E-state index contributed by atoms with van der Waals surface area (Å²) >= 11 is 5.97. The number of carbonyl (C=O) groups is 1. The van der Waals surface area contributed by atoms with Crippen LogP contribution in [0, 0.1) is 5.82 Å². The van der Waals surface area contributed by atoms with E-state index in [1.54, 1.807) is 24.3 Å². The highest BCUT2D eigenvalue weighted by Gasteiger charge is 2.28. The van der Waals surface area contributed by atoms with Gasteiger partial charge in [0.05, 0.1) is 7.11 Å². The summed E-state index contributed by atoms with van der Waals surface area (Å²) in [5.41, 5.74) is 1.09. The van der Waals surface area contributed by atoms with E-state index in [4.69, 9.17) is 16.3 Å². The predicted molar refractivity (Wildman–Crippen MR) is 117 cm³/mol. The standard InChI is InChI=1S/C22H20ClFN2O4S/c1-30-20-12-7-16(23)14-21(20)31(28,29)26-19(13-15-5-3-2-4-6-15)22(27)25-18-10-8-17(24)9-11-18/h2-12,14,19,26H,13H2,1H3,(H,25,27)/t19-/m1/s1. The molecule has 0 aliphatic heterocycles. The normalized spacial score (nSPS) is 12.2. The Morgan fingerprint density at radius 2 is 1.74 bits per heavy atom. The van der Waals surface area contributed by atoms with Crippen molar-refractivity contribution in [1.82, 2.24) is 4.72 Å². The number of sulfonamides is 1. The van der Waals surface area contributed by atoms with Crippen LogP contribution in [-0.4, -0.2) is 27.5 Å². The molecule has 0 saturated carbocycles. The maximum atomic E-state index is 13.2. The van der Waals surface area contributed by atoms with Crippen LogP contribution >= 0.6 is 11.6 Å². The zero-order chi connectivity index (χ0) is 22.4. The van der Waals surface area contributed by atoms with Crippen LogP contribution in [0.15, 0.2) is 77.7 Å². The van der Waals surface area contributed by atoms with Crippen LogP contribution in [0.3, 0.4) is 0 Å². The van der Waals surface area contributed by atoms with Gasteiger partial charge in [-0.3, -0.25) is 4.79 Å². The van der Waals surface area contributed by atoms with Gasteiger partial charge < -0.3 is 10.1 Å². The van der Waals surface area contributed by atoms with Crippen LogP contribution in [-0.2, 0) is 21.2 Å². The highest BCUT2D eigenvalue weighted by Crippen LogP contribution is 2.27. The number of benzene rings is 3. The average molecular weight is 463 g/mol. The van der Waals surface area contributed by atoms with E-state index in [-0.39, 0.29) is 22.1 Å². The Hall–Kier alpha value is -2.94. The molecule has 6 nitrogen and oxygen atoms in total. The van der Waals surface area contributed by atoms with Crippen molar-refractivity contribution in [3.8, 4) is 5.75 Å². The lowest BCUT2D eigenvalue weighted by Gasteiger charge is -2.20. The first-order valence-corrected chi connectivity index (χ1v) is 11.1. The highest BCUT2D eigenvalue weighted by atomic mass is 35.5. The van der Waals surface area contributed by atoms with Crippen LogP contribution in [0.25, 0.3) is 0 Å². The summed E-state index contributed by atoms with van der Waals surface area (Å²) in [6, 6.07) is 17.2. The Morgan fingerprint density at radius 3 is 2.39 bits per heavy atom. The number of anilines is 1. The number of hydrogen-bond acceptors (Lipinski definition) is 4. The van der Waals surface area contributed by atoms with Crippen LogP contribution in [0.4, 0.5) is 10.1 Å². The highest BCUT2D eigenvalue weighted by molar-refractivity contribution is 7.89. The number of halogens is 2. The average Bonchev–Trinajstić information content (AvgIpc) is 2.75. The Morgan fingerprint density at radius 1 is 1.06 bits per heavy atom. The van der Waals surface area contributed by atoms with Crippen LogP contribution in [0.1, 0.15) is 5.56 Å². The maximum Gasteiger partial charge on any atom is 0.245 e. The SMILES string of the molecule is COc1ccc(Cl)cc1S(=O)(=O)N[C@H](Cc1ccccc1)C(=O)Nc1ccc(F)cc1. The summed E-state index contributed by atoms with van der Waals surface area (Å²) in [5, 5.41) is 2.82. The Bertz CT molecular complexity index is 1160. The van der Waals surface area contributed by atoms with Gasteiger partial charge in [0.2, 0.25) is 15.9 Å². The second kappa shape index (κ2) is 9.91. The van der Waals surface area contributed by atoms with Gasteiger partial charge in [0.1, 0.15) is 22.5 Å². The molecule has 1 amide bonds. The lowest BCUT2D eigenvalue weighted by atomic mass is 10.1. The second-order valence-corrected chi connectivity index (χ2v) is 8.77. The molecule has 162 valence electrons. The van der Waals surface area contributed by atoms with Crippen molar-refractivity contribution in [2.75, 3.05) is 12.4 Å². The summed E-state index contributed by atoms with van der Waals surface area (Å²) in [7, 11) is -2.83. The molecule has 0 aliphatic rings. The summed E-state index contributed by atoms with van der Waals surface area (Å²) in [4.78, 5) is 12.8. The van der Waals surface area contributed by atoms with Gasteiger partial charge in [-0.15, -0.1) is 0 Å². The van der Waals surface area contributed by atoms with Crippen LogP contribution < -0.4 is 14.8 Å². The third-order valence-electron chi connectivity index (χ3n) is 4.42. The largest absolute Gasteiger partial charge is 0.495 e. The summed E-state index contributed by atoms with van der Waals surface area (Å²) in [6.07, 6.45) is 0.0932. The molecule has 3 aromatic rings. The molecular weight excluding hydrogens is 443 g/mol. The number of methoxy groups -OCH3 is 1. The molecule has 3 aromatic carbocycles. The van der Waals surface area contributed by atoms with E-state index in [9.17, 15) is 17.6 Å². The topological polar surface area (TPSA) is 84.5 Å². The number of carbonyl (C=O) groups excluding carboxylic acids is 1. The fourth-order valence-electron chi connectivity index (χ4n) is 2.91. The van der Waals surface area contributed by atoms with E-state index in [0.717, 1.165) is 5.56 Å². The van der Waals surface area contributed by atoms with E-state index in [1.165, 1.54) is 49.6 Å². The lowest BCUT2D eigenvalue weighted by molar-refractivity contribution is -0.117. The molecule has 0 fully saturated rings. The minimum Gasteiger partial charge on any atom is -0.495 e. The Kier molecular flexibility index (Phi) is 7.27. The van der Waals surface area contributed by atoms with Gasteiger partial charge in [-0.25, -0.2) is 12.8 Å². The summed E-state index contributed by atoms with van der Waals surface area (Å²) in [5.74, 6) is -0.957. The lowest BCUT2D eigenvalue weighted by Crippen LogP contribution is -2.45. The molecule has 0 spiro atoms. The minimum atomic E-state index is -4.17. The number of hydrogen-bond donors (Lipinski definition) is 2. The van der Waals surface area contributed by atoms with Gasteiger partial charge in [0, 0.05) is 10.7 Å². The fourth-order valence-corrected chi connectivity index (χ4v) is 4.54. The monoisotopic (exact) mass is 462 g/mol. The van der Waals surface area contributed by atoms with Gasteiger partial charge in [0.15, 0.2) is 0 Å². The van der Waals surface area contributed by atoms with Gasteiger partial charge >= 0.3 is 0 Å². The predicted octanol–water partition coefficient (Wildman–Crippen LogP) is 4.02. The van der Waals surface area contributed by atoms with Gasteiger partial charge in [-0.2, -0.15) is 4.72 Å². The third kappa shape index (κ3) is 6.04. The van der Waals surface area contributed by atoms with Gasteiger partial charge in [-0.05, 0) is 54.4 Å². The molecule has 3 rings (SSSR count). The van der Waals surface area contributed by atoms with Gasteiger partial charge in [-0.1, -0.05) is 41.9 Å². The van der Waals surface area contributed by atoms with Crippen molar-refractivity contribution in [2.45, 2.75) is 17.4 Å². The minimum absolute atomic E-state index is 0.0919. The molecule has 0 aromatic heterocycles. The second-order valence-electron chi connectivity index (χ2n) is 6.65. The summed E-state index contributed by atoms with van der Waals surface area (Å²) in [6.45, 7) is 0. The molecule has 0 aliphatic carbocycles.